The van der Waals surface area contributed by atoms with E-state index in [0.717, 1.165) is 28.7 Å². The molecular formula is C19H21N5O. The fourth-order valence-electron chi connectivity index (χ4n) is 3.00. The monoisotopic (exact) mass is 335 g/mol. The number of benzene rings is 2. The van der Waals surface area contributed by atoms with Crippen molar-refractivity contribution in [1.82, 2.24) is 5.32 Å². The van der Waals surface area contributed by atoms with E-state index in [9.17, 15) is 4.79 Å². The van der Waals surface area contributed by atoms with Crippen LogP contribution in [-0.2, 0) is 11.3 Å². The van der Waals surface area contributed by atoms with Crippen LogP contribution in [0.4, 0.5) is 0 Å². The molecule has 1 saturated carbocycles. The summed E-state index contributed by atoms with van der Waals surface area (Å²) in [6.45, 7) is 0.494. The average Bonchev–Trinajstić information content (AvgIpc) is 3.42. The summed E-state index contributed by atoms with van der Waals surface area (Å²) in [6.07, 6.45) is 4.06. The summed E-state index contributed by atoms with van der Waals surface area (Å²) in [4.78, 5) is 12.4. The highest BCUT2D eigenvalue weighted by atomic mass is 16.2. The Kier molecular flexibility index (Phi) is 5.09. The molecule has 0 saturated heterocycles. The molecule has 1 amide bonds. The van der Waals surface area contributed by atoms with Gasteiger partial charge >= 0.3 is 0 Å². The quantitative estimate of drug-likeness (QED) is 0.425. The van der Waals surface area contributed by atoms with Crippen LogP contribution < -0.4 is 17.0 Å². The topological polar surface area (TPSA) is 106 Å². The molecule has 0 aromatic heterocycles. The van der Waals surface area contributed by atoms with E-state index in [4.69, 9.17) is 11.7 Å². The molecule has 0 radical (unpaired) electrons. The van der Waals surface area contributed by atoms with E-state index in [1.165, 1.54) is 0 Å². The van der Waals surface area contributed by atoms with Gasteiger partial charge in [0.25, 0.3) is 0 Å². The van der Waals surface area contributed by atoms with Crippen LogP contribution in [0, 0.1) is 5.92 Å². The van der Waals surface area contributed by atoms with Crippen molar-refractivity contribution in [2.75, 3.05) is 0 Å². The van der Waals surface area contributed by atoms with E-state index in [2.05, 4.69) is 15.5 Å². The number of hydrazone groups is 2. The molecule has 1 aliphatic carbocycles. The first kappa shape index (κ1) is 16.7. The first-order valence-corrected chi connectivity index (χ1v) is 8.14. The highest BCUT2D eigenvalue weighted by Gasteiger charge is 2.43. The summed E-state index contributed by atoms with van der Waals surface area (Å²) in [7, 11) is 0. The number of nitrogens with zero attached hydrogens (tertiary/aromatic N) is 2. The Bertz CT molecular complexity index is 815. The van der Waals surface area contributed by atoms with Crippen molar-refractivity contribution in [3.05, 3.63) is 70.8 Å². The van der Waals surface area contributed by atoms with E-state index in [1.54, 1.807) is 12.4 Å². The lowest BCUT2D eigenvalue weighted by molar-refractivity contribution is -0.122. The van der Waals surface area contributed by atoms with Gasteiger partial charge in [0.2, 0.25) is 5.91 Å². The fraction of sp³-hybridized carbons (Fsp3) is 0.211. The first-order chi connectivity index (χ1) is 12.2. The molecule has 0 heterocycles. The lowest BCUT2D eigenvalue weighted by Gasteiger charge is -2.06. The molecule has 2 aromatic rings. The van der Waals surface area contributed by atoms with Gasteiger partial charge in [-0.15, -0.1) is 0 Å². The summed E-state index contributed by atoms with van der Waals surface area (Å²) in [5, 5.41) is 10.1. The van der Waals surface area contributed by atoms with Gasteiger partial charge in [-0.05, 0) is 46.7 Å². The predicted octanol–water partition coefficient (Wildman–Crippen LogP) is 1.69. The van der Waals surface area contributed by atoms with Crippen molar-refractivity contribution in [1.29, 1.82) is 0 Å². The molecule has 25 heavy (non-hydrogen) atoms. The molecule has 2 aromatic carbocycles. The van der Waals surface area contributed by atoms with Crippen molar-refractivity contribution >= 4 is 18.3 Å². The molecule has 0 aliphatic heterocycles. The lowest BCUT2D eigenvalue weighted by atomic mass is 10.1. The van der Waals surface area contributed by atoms with Gasteiger partial charge in [0, 0.05) is 12.5 Å². The minimum atomic E-state index is 0.0267. The van der Waals surface area contributed by atoms with E-state index in [1.807, 2.05) is 48.5 Å². The van der Waals surface area contributed by atoms with Crippen LogP contribution in [0.2, 0.25) is 0 Å². The minimum Gasteiger partial charge on any atom is -0.352 e. The molecule has 2 atom stereocenters. The zero-order valence-electron chi connectivity index (χ0n) is 13.8. The van der Waals surface area contributed by atoms with E-state index < -0.39 is 0 Å². The number of hydrogen-bond donors (Lipinski definition) is 3. The Balaban J connectivity index is 1.57. The average molecular weight is 335 g/mol. The van der Waals surface area contributed by atoms with Crippen LogP contribution in [0.15, 0.2) is 58.7 Å². The third kappa shape index (κ3) is 4.23. The Morgan fingerprint density at radius 1 is 1.08 bits per heavy atom. The Morgan fingerprint density at radius 3 is 2.48 bits per heavy atom. The second-order valence-corrected chi connectivity index (χ2v) is 6.14. The maximum Gasteiger partial charge on any atom is 0.224 e. The molecule has 5 N–H and O–H groups in total. The van der Waals surface area contributed by atoms with Crippen LogP contribution in [0.25, 0.3) is 0 Å². The van der Waals surface area contributed by atoms with Gasteiger partial charge in [-0.2, -0.15) is 10.2 Å². The maximum absolute atomic E-state index is 12.4. The summed E-state index contributed by atoms with van der Waals surface area (Å²) in [6, 6.07) is 15.7. The minimum absolute atomic E-state index is 0.0267. The van der Waals surface area contributed by atoms with Gasteiger partial charge in [-0.1, -0.05) is 36.4 Å². The molecule has 128 valence electrons. The molecular weight excluding hydrogens is 314 g/mol. The van der Waals surface area contributed by atoms with Gasteiger partial charge in [0.1, 0.15) is 0 Å². The molecule has 3 rings (SSSR count). The van der Waals surface area contributed by atoms with Crippen molar-refractivity contribution in [2.24, 2.45) is 27.8 Å². The highest BCUT2D eigenvalue weighted by Crippen LogP contribution is 2.47. The lowest BCUT2D eigenvalue weighted by Crippen LogP contribution is -2.24. The van der Waals surface area contributed by atoms with Crippen molar-refractivity contribution in [3.63, 3.8) is 0 Å². The number of rotatable bonds is 6. The first-order valence-electron chi connectivity index (χ1n) is 8.14. The highest BCUT2D eigenvalue weighted by molar-refractivity contribution is 5.84. The van der Waals surface area contributed by atoms with Gasteiger partial charge < -0.3 is 17.0 Å². The second-order valence-electron chi connectivity index (χ2n) is 6.14. The van der Waals surface area contributed by atoms with Crippen LogP contribution >= 0.6 is 0 Å². The Morgan fingerprint density at radius 2 is 1.76 bits per heavy atom. The van der Waals surface area contributed by atoms with Crippen molar-refractivity contribution < 1.29 is 4.79 Å². The summed E-state index contributed by atoms with van der Waals surface area (Å²) >= 11 is 0. The summed E-state index contributed by atoms with van der Waals surface area (Å²) in [5.74, 6) is 10.7. The van der Waals surface area contributed by atoms with Gasteiger partial charge in [-0.25, -0.2) is 0 Å². The summed E-state index contributed by atoms with van der Waals surface area (Å²) in [5.41, 5.74) is 4.03. The number of carbonyl (C=O) groups excluding carboxylic acids is 1. The van der Waals surface area contributed by atoms with E-state index in [-0.39, 0.29) is 17.7 Å². The number of nitrogens with two attached hydrogens (primary N) is 2. The third-order valence-electron chi connectivity index (χ3n) is 4.33. The zero-order valence-corrected chi connectivity index (χ0v) is 13.8. The normalized spacial score (nSPS) is 19.4. The SMILES string of the molecule is NN=Cc1cccc(CNC(=O)[C@@H]2C[C@@H]2c2cccc(C=NN)c2)c1. The van der Waals surface area contributed by atoms with E-state index >= 15 is 0 Å². The standard InChI is InChI=1S/C19H21N5O/c20-23-11-14-4-1-3-13(7-14)10-22-19(25)18-9-17(18)16-6-2-5-15(8-16)12-24-21/h1-8,11-12,17-18H,9-10,20-21H2,(H,22,25)/t17-,18-/m1/s1. The molecule has 6 nitrogen and oxygen atoms in total. The smallest absolute Gasteiger partial charge is 0.224 e. The largest absolute Gasteiger partial charge is 0.352 e. The van der Waals surface area contributed by atoms with Gasteiger partial charge in [0.05, 0.1) is 12.4 Å². The number of amides is 1. The Labute approximate surface area is 146 Å². The van der Waals surface area contributed by atoms with Crippen molar-refractivity contribution in [2.45, 2.75) is 18.9 Å². The van der Waals surface area contributed by atoms with Crippen molar-refractivity contribution in [3.8, 4) is 0 Å². The van der Waals surface area contributed by atoms with Crippen LogP contribution in [-0.4, -0.2) is 18.3 Å². The maximum atomic E-state index is 12.4. The zero-order chi connectivity index (χ0) is 17.6. The Hall–Kier alpha value is -3.15. The molecule has 1 fully saturated rings. The van der Waals surface area contributed by atoms with Crippen LogP contribution in [0.5, 0.6) is 0 Å². The molecule has 6 heteroatoms. The van der Waals surface area contributed by atoms with Crippen LogP contribution in [0.3, 0.4) is 0 Å². The molecule has 0 unspecified atom stereocenters. The molecule has 0 spiro atoms. The predicted molar refractivity (Wildman–Crippen MR) is 99.1 cm³/mol. The van der Waals surface area contributed by atoms with Crippen LogP contribution in [0.1, 0.15) is 34.6 Å². The van der Waals surface area contributed by atoms with Gasteiger partial charge in [0.15, 0.2) is 0 Å². The molecule has 0 bridgehead atoms. The number of hydrogen-bond acceptors (Lipinski definition) is 5. The molecule has 1 aliphatic rings. The fourth-order valence-corrected chi connectivity index (χ4v) is 3.00. The van der Waals surface area contributed by atoms with Gasteiger partial charge in [-0.3, -0.25) is 4.79 Å². The third-order valence-corrected chi connectivity index (χ3v) is 4.33. The number of nitrogens with one attached hydrogen (secondary N) is 1. The second kappa shape index (κ2) is 7.61. The number of carbonyl (C=O) groups is 1. The summed E-state index contributed by atoms with van der Waals surface area (Å²) < 4.78 is 0. The van der Waals surface area contributed by atoms with E-state index in [0.29, 0.717) is 6.54 Å².